The lowest BCUT2D eigenvalue weighted by Crippen LogP contribution is -2.41. The number of amides is 3. The van der Waals surface area contributed by atoms with Crippen LogP contribution in [0.2, 0.25) is 0 Å². The smallest absolute Gasteiger partial charge is 0.253 e. The van der Waals surface area contributed by atoms with Crippen molar-refractivity contribution in [3.05, 3.63) is 54.1 Å². The summed E-state index contributed by atoms with van der Waals surface area (Å²) in [4.78, 5) is 39.1. The van der Waals surface area contributed by atoms with E-state index in [9.17, 15) is 14.4 Å². The molecular formula is C24H27N3O4. The zero-order valence-corrected chi connectivity index (χ0v) is 17.6. The molecule has 1 aliphatic carbocycles. The Kier molecular flexibility index (Phi) is 6.21. The third-order valence-corrected chi connectivity index (χ3v) is 5.87. The highest BCUT2D eigenvalue weighted by Crippen LogP contribution is 2.30. The highest BCUT2D eigenvalue weighted by atomic mass is 16.5. The average Bonchev–Trinajstić information content (AvgIpc) is 3.65. The lowest BCUT2D eigenvalue weighted by molar-refractivity contribution is -0.121. The van der Waals surface area contributed by atoms with Crippen LogP contribution in [0.5, 0.6) is 5.75 Å². The molecule has 2 aromatic carbocycles. The van der Waals surface area contributed by atoms with Crippen LogP contribution in [0.15, 0.2) is 48.5 Å². The number of methoxy groups -OCH3 is 1. The summed E-state index contributed by atoms with van der Waals surface area (Å²) in [5.41, 5.74) is 1.95. The van der Waals surface area contributed by atoms with Crippen LogP contribution in [0, 0.1) is 11.8 Å². The van der Waals surface area contributed by atoms with Gasteiger partial charge in [0.05, 0.1) is 12.8 Å². The fourth-order valence-electron chi connectivity index (χ4n) is 3.80. The lowest BCUT2D eigenvalue weighted by atomic mass is 9.95. The highest BCUT2D eigenvalue weighted by Gasteiger charge is 2.30. The molecule has 31 heavy (non-hydrogen) atoms. The number of hydrogen-bond acceptors (Lipinski definition) is 4. The van der Waals surface area contributed by atoms with Crippen molar-refractivity contribution in [3.8, 4) is 5.75 Å². The largest absolute Gasteiger partial charge is 0.495 e. The number of para-hydroxylation sites is 2. The molecule has 0 bridgehead atoms. The quantitative estimate of drug-likeness (QED) is 0.747. The van der Waals surface area contributed by atoms with E-state index < -0.39 is 0 Å². The second kappa shape index (κ2) is 9.20. The first-order valence-corrected chi connectivity index (χ1v) is 10.7. The maximum atomic E-state index is 12.8. The van der Waals surface area contributed by atoms with Crippen molar-refractivity contribution in [1.82, 2.24) is 4.90 Å². The van der Waals surface area contributed by atoms with Crippen LogP contribution in [0.1, 0.15) is 36.0 Å². The van der Waals surface area contributed by atoms with Crippen LogP contribution in [0.25, 0.3) is 0 Å². The van der Waals surface area contributed by atoms with Gasteiger partial charge in [-0.25, -0.2) is 0 Å². The van der Waals surface area contributed by atoms with Crippen LogP contribution < -0.4 is 15.4 Å². The van der Waals surface area contributed by atoms with Gasteiger partial charge >= 0.3 is 0 Å². The van der Waals surface area contributed by atoms with Crippen LogP contribution in [0.4, 0.5) is 11.4 Å². The monoisotopic (exact) mass is 421 g/mol. The maximum Gasteiger partial charge on any atom is 0.253 e. The summed E-state index contributed by atoms with van der Waals surface area (Å²) in [5, 5.41) is 5.82. The van der Waals surface area contributed by atoms with Gasteiger partial charge in [0.1, 0.15) is 5.75 Å². The van der Waals surface area contributed by atoms with Crippen molar-refractivity contribution in [1.29, 1.82) is 0 Å². The molecule has 0 radical (unpaired) electrons. The number of rotatable bonds is 6. The molecule has 0 unspecified atom stereocenters. The van der Waals surface area contributed by atoms with Gasteiger partial charge in [0.25, 0.3) is 5.91 Å². The molecule has 1 saturated carbocycles. The molecular weight excluding hydrogens is 394 g/mol. The minimum absolute atomic E-state index is 0.0487. The normalized spacial score (nSPS) is 16.5. The Morgan fingerprint density at radius 3 is 2.10 bits per heavy atom. The fourth-order valence-corrected chi connectivity index (χ4v) is 3.80. The first-order valence-electron chi connectivity index (χ1n) is 10.7. The van der Waals surface area contributed by atoms with Gasteiger partial charge in [0.2, 0.25) is 11.8 Å². The number of carbonyl (C=O) groups is 3. The van der Waals surface area contributed by atoms with Gasteiger partial charge < -0.3 is 20.3 Å². The van der Waals surface area contributed by atoms with Crippen LogP contribution in [0.3, 0.4) is 0 Å². The third kappa shape index (κ3) is 5.05. The SMILES string of the molecule is COc1ccccc1NC(=O)C1CCN(C(=O)c2ccc(NC(=O)C3CC3)cc2)CC1. The van der Waals surface area contributed by atoms with E-state index in [1.165, 1.54) is 0 Å². The van der Waals surface area contributed by atoms with Gasteiger partial charge in [0.15, 0.2) is 0 Å². The van der Waals surface area contributed by atoms with E-state index in [4.69, 9.17) is 4.74 Å². The predicted molar refractivity (Wildman–Crippen MR) is 118 cm³/mol. The van der Waals surface area contributed by atoms with E-state index in [-0.39, 0.29) is 29.6 Å². The Balaban J connectivity index is 1.29. The predicted octanol–water partition coefficient (Wildman–Crippen LogP) is 3.53. The summed E-state index contributed by atoms with van der Waals surface area (Å²) in [7, 11) is 1.57. The molecule has 1 heterocycles. The summed E-state index contributed by atoms with van der Waals surface area (Å²) < 4.78 is 5.28. The van der Waals surface area contributed by atoms with Crippen molar-refractivity contribution >= 4 is 29.1 Å². The second-order valence-corrected chi connectivity index (χ2v) is 8.10. The number of ether oxygens (including phenoxy) is 1. The molecule has 2 fully saturated rings. The number of likely N-dealkylation sites (tertiary alicyclic amines) is 1. The van der Waals surface area contributed by atoms with Crippen molar-refractivity contribution in [3.63, 3.8) is 0 Å². The fraction of sp³-hybridized carbons (Fsp3) is 0.375. The van der Waals surface area contributed by atoms with Crippen LogP contribution in [-0.4, -0.2) is 42.8 Å². The Bertz CT molecular complexity index is 961. The van der Waals surface area contributed by atoms with Crippen LogP contribution >= 0.6 is 0 Å². The highest BCUT2D eigenvalue weighted by molar-refractivity contribution is 5.97. The second-order valence-electron chi connectivity index (χ2n) is 8.10. The van der Waals surface area contributed by atoms with Crippen LogP contribution in [-0.2, 0) is 9.59 Å². The minimum Gasteiger partial charge on any atom is -0.495 e. The Hall–Kier alpha value is -3.35. The molecule has 7 nitrogen and oxygen atoms in total. The summed E-state index contributed by atoms with van der Waals surface area (Å²) in [6, 6.07) is 14.3. The molecule has 2 aromatic rings. The molecule has 0 spiro atoms. The number of nitrogens with zero attached hydrogens (tertiary/aromatic N) is 1. The lowest BCUT2D eigenvalue weighted by Gasteiger charge is -2.31. The van der Waals surface area contributed by atoms with Gasteiger partial charge in [0, 0.05) is 36.2 Å². The molecule has 4 rings (SSSR count). The first kappa shape index (κ1) is 20.9. The molecule has 3 amide bonds. The van der Waals surface area contributed by atoms with Crippen molar-refractivity contribution in [2.24, 2.45) is 11.8 Å². The summed E-state index contributed by atoms with van der Waals surface area (Å²) in [6.07, 6.45) is 3.13. The third-order valence-electron chi connectivity index (χ3n) is 5.87. The molecule has 0 aromatic heterocycles. The number of carbonyl (C=O) groups excluding carboxylic acids is 3. The molecule has 2 aliphatic rings. The minimum atomic E-state index is -0.144. The van der Waals surface area contributed by atoms with E-state index in [2.05, 4.69) is 10.6 Å². The van der Waals surface area contributed by atoms with E-state index >= 15 is 0 Å². The molecule has 0 atom stereocenters. The number of piperidine rings is 1. The first-order chi connectivity index (χ1) is 15.0. The van der Waals surface area contributed by atoms with Gasteiger partial charge in [-0.05, 0) is 62.1 Å². The molecule has 1 saturated heterocycles. The summed E-state index contributed by atoms with van der Waals surface area (Å²) in [6.45, 7) is 1.06. The van der Waals surface area contributed by atoms with Gasteiger partial charge in [-0.15, -0.1) is 0 Å². The Morgan fingerprint density at radius 1 is 0.839 bits per heavy atom. The summed E-state index contributed by atoms with van der Waals surface area (Å²) in [5.74, 6) is 0.570. The summed E-state index contributed by atoms with van der Waals surface area (Å²) >= 11 is 0. The number of anilines is 2. The molecule has 162 valence electrons. The van der Waals surface area contributed by atoms with Gasteiger partial charge in [-0.3, -0.25) is 14.4 Å². The number of nitrogens with one attached hydrogen (secondary N) is 2. The van der Waals surface area contributed by atoms with Crippen molar-refractivity contribution < 1.29 is 19.1 Å². The molecule has 2 N–H and O–H groups in total. The van der Waals surface area contributed by atoms with E-state index in [0.29, 0.717) is 48.6 Å². The van der Waals surface area contributed by atoms with E-state index in [1.54, 1.807) is 42.3 Å². The molecule has 1 aliphatic heterocycles. The Labute approximate surface area is 181 Å². The zero-order valence-electron chi connectivity index (χ0n) is 17.6. The van der Waals surface area contributed by atoms with Crippen molar-refractivity contribution in [2.75, 3.05) is 30.8 Å². The maximum absolute atomic E-state index is 12.8. The topological polar surface area (TPSA) is 87.7 Å². The average molecular weight is 421 g/mol. The van der Waals surface area contributed by atoms with Crippen molar-refractivity contribution in [2.45, 2.75) is 25.7 Å². The number of benzene rings is 2. The number of hydrogen-bond donors (Lipinski definition) is 2. The van der Waals surface area contributed by atoms with E-state index in [0.717, 1.165) is 12.8 Å². The van der Waals surface area contributed by atoms with E-state index in [1.807, 2.05) is 18.2 Å². The Morgan fingerprint density at radius 2 is 1.45 bits per heavy atom. The van der Waals surface area contributed by atoms with Gasteiger partial charge in [-0.1, -0.05) is 12.1 Å². The molecule has 7 heteroatoms. The van der Waals surface area contributed by atoms with Gasteiger partial charge in [-0.2, -0.15) is 0 Å². The zero-order chi connectivity index (χ0) is 21.8. The standard InChI is InChI=1S/C24H27N3O4/c1-31-21-5-3-2-4-20(21)26-23(29)17-12-14-27(15-13-17)24(30)18-8-10-19(11-9-18)25-22(28)16-6-7-16/h2-5,8-11,16-17H,6-7,12-15H2,1H3,(H,25,28)(H,26,29).